The molecule has 1 aromatic heterocycles. The zero-order valence-electron chi connectivity index (χ0n) is 17.6. The lowest BCUT2D eigenvalue weighted by Gasteiger charge is -2.23. The van der Waals surface area contributed by atoms with Crippen LogP contribution in [0.5, 0.6) is 5.75 Å². The number of para-hydroxylation sites is 2. The third-order valence-corrected chi connectivity index (χ3v) is 5.73. The average molecular weight is 413 g/mol. The SMILES string of the molecule is Cc1cccc(OC[C@@H](O)C[n+]2c(N)n(CC[NH+]3CCOCC3)c3ccccc32)c1. The number of anilines is 1. The van der Waals surface area contributed by atoms with Gasteiger partial charge in [0.05, 0.1) is 13.2 Å². The third kappa shape index (κ3) is 4.75. The van der Waals surface area contributed by atoms with Crippen molar-refractivity contribution < 1.29 is 24.0 Å². The van der Waals surface area contributed by atoms with Crippen molar-refractivity contribution >= 4 is 17.0 Å². The number of nitrogen functional groups attached to an aromatic ring is 1. The van der Waals surface area contributed by atoms with E-state index in [4.69, 9.17) is 15.2 Å². The Hall–Kier alpha value is -2.61. The van der Waals surface area contributed by atoms with Crippen LogP contribution in [0.4, 0.5) is 5.95 Å². The van der Waals surface area contributed by atoms with Crippen LogP contribution in [0.1, 0.15) is 5.56 Å². The molecule has 3 aromatic rings. The van der Waals surface area contributed by atoms with Gasteiger partial charge >= 0.3 is 5.95 Å². The van der Waals surface area contributed by atoms with Gasteiger partial charge in [-0.2, -0.15) is 0 Å². The van der Waals surface area contributed by atoms with Crippen molar-refractivity contribution in [3.05, 3.63) is 54.1 Å². The lowest BCUT2D eigenvalue weighted by Crippen LogP contribution is -3.14. The minimum Gasteiger partial charge on any atom is -0.491 e. The van der Waals surface area contributed by atoms with Gasteiger partial charge in [0, 0.05) is 0 Å². The lowest BCUT2D eigenvalue weighted by atomic mass is 10.2. The molecule has 1 saturated heterocycles. The Bertz CT molecular complexity index is 982. The summed E-state index contributed by atoms with van der Waals surface area (Å²) in [5.74, 6) is 1.43. The quantitative estimate of drug-likeness (QED) is 0.461. The number of nitrogens with zero attached hydrogens (tertiary/aromatic N) is 2. The highest BCUT2D eigenvalue weighted by atomic mass is 16.5. The number of aromatic nitrogens is 2. The molecule has 30 heavy (non-hydrogen) atoms. The van der Waals surface area contributed by atoms with Crippen molar-refractivity contribution in [2.24, 2.45) is 0 Å². The van der Waals surface area contributed by atoms with Crippen molar-refractivity contribution in [1.29, 1.82) is 0 Å². The summed E-state index contributed by atoms with van der Waals surface area (Å²) in [7, 11) is 0. The summed E-state index contributed by atoms with van der Waals surface area (Å²) in [5, 5.41) is 10.6. The van der Waals surface area contributed by atoms with E-state index >= 15 is 0 Å². The third-order valence-electron chi connectivity index (χ3n) is 5.73. The monoisotopic (exact) mass is 412 g/mol. The number of hydrogen-bond donors (Lipinski definition) is 3. The molecule has 4 N–H and O–H groups in total. The number of fused-ring (bicyclic) bond motifs is 1. The first kappa shape index (κ1) is 20.7. The van der Waals surface area contributed by atoms with Crippen LogP contribution in [0.3, 0.4) is 0 Å². The van der Waals surface area contributed by atoms with Gasteiger partial charge in [0.25, 0.3) is 0 Å². The molecule has 1 fully saturated rings. The lowest BCUT2D eigenvalue weighted by molar-refractivity contribution is -0.908. The maximum Gasteiger partial charge on any atom is 0.356 e. The number of aryl methyl sites for hydroxylation is 1. The van der Waals surface area contributed by atoms with Crippen molar-refractivity contribution in [3.63, 3.8) is 0 Å². The molecular formula is C23H32N4O3+2. The fourth-order valence-corrected chi connectivity index (χ4v) is 4.08. The van der Waals surface area contributed by atoms with E-state index in [1.807, 2.05) is 47.9 Å². The number of benzene rings is 2. The van der Waals surface area contributed by atoms with Crippen LogP contribution in [0, 0.1) is 6.92 Å². The van der Waals surface area contributed by atoms with Gasteiger partial charge in [-0.15, -0.1) is 0 Å². The summed E-state index contributed by atoms with van der Waals surface area (Å²) in [5.41, 5.74) is 9.80. The second kappa shape index (κ2) is 9.47. The van der Waals surface area contributed by atoms with Crippen LogP contribution in [0.15, 0.2) is 48.5 Å². The Morgan fingerprint density at radius 3 is 2.80 bits per heavy atom. The number of nitrogens with one attached hydrogen (secondary N) is 1. The minimum atomic E-state index is -0.665. The van der Waals surface area contributed by atoms with Crippen LogP contribution in [0.25, 0.3) is 11.0 Å². The Balaban J connectivity index is 1.47. The van der Waals surface area contributed by atoms with Gasteiger partial charge in [-0.1, -0.05) is 24.3 Å². The Kier molecular flexibility index (Phi) is 6.52. The highest BCUT2D eigenvalue weighted by molar-refractivity contribution is 5.73. The van der Waals surface area contributed by atoms with Gasteiger partial charge in [0.2, 0.25) is 0 Å². The molecule has 1 aliphatic heterocycles. The van der Waals surface area contributed by atoms with Gasteiger partial charge in [-0.3, -0.25) is 5.73 Å². The predicted molar refractivity (Wildman–Crippen MR) is 116 cm³/mol. The molecule has 0 aliphatic carbocycles. The first-order chi connectivity index (χ1) is 14.6. The molecule has 0 bridgehead atoms. The molecule has 7 heteroatoms. The number of rotatable bonds is 8. The van der Waals surface area contributed by atoms with E-state index in [9.17, 15) is 5.11 Å². The number of nitrogens with two attached hydrogens (primary N) is 1. The molecule has 7 nitrogen and oxygen atoms in total. The van der Waals surface area contributed by atoms with Gasteiger partial charge in [0.15, 0.2) is 0 Å². The van der Waals surface area contributed by atoms with Crippen molar-refractivity contribution in [3.8, 4) is 5.75 Å². The number of ether oxygens (including phenoxy) is 2. The summed E-state index contributed by atoms with van der Waals surface area (Å²) in [6.07, 6.45) is -0.665. The summed E-state index contributed by atoms with van der Waals surface area (Å²) in [6.45, 7) is 8.18. The van der Waals surface area contributed by atoms with Crippen molar-refractivity contribution in [2.45, 2.75) is 26.1 Å². The standard InChI is InChI=1S/C23H30N4O3/c1-18-5-4-6-20(15-18)30-17-19(28)16-27-22-8-3-2-7-21(22)26(23(27)24)10-9-25-11-13-29-14-12-25/h2-8,15,19,24,28H,9-14,16-17H2,1H3/p+2/t19-/m0/s1. The van der Waals surface area contributed by atoms with E-state index < -0.39 is 6.10 Å². The molecule has 2 aromatic carbocycles. The summed E-state index contributed by atoms with van der Waals surface area (Å²) in [4.78, 5) is 1.54. The van der Waals surface area contributed by atoms with E-state index in [2.05, 4.69) is 16.7 Å². The van der Waals surface area contributed by atoms with Gasteiger partial charge in [-0.25, -0.2) is 9.13 Å². The number of aliphatic hydroxyl groups is 1. The number of hydrogen-bond acceptors (Lipinski definition) is 4. The predicted octanol–water partition coefficient (Wildman–Crippen LogP) is 0.174. The van der Waals surface area contributed by atoms with E-state index in [0.29, 0.717) is 12.5 Å². The Labute approximate surface area is 177 Å². The molecule has 0 saturated carbocycles. The van der Waals surface area contributed by atoms with E-state index in [1.54, 1.807) is 0 Å². The largest absolute Gasteiger partial charge is 0.491 e. The van der Waals surface area contributed by atoms with Gasteiger partial charge in [0.1, 0.15) is 62.2 Å². The van der Waals surface area contributed by atoms with Crippen LogP contribution >= 0.6 is 0 Å². The smallest absolute Gasteiger partial charge is 0.356 e. The molecule has 0 radical (unpaired) electrons. The van der Waals surface area contributed by atoms with Crippen LogP contribution in [-0.4, -0.2) is 55.2 Å². The second-order valence-corrected chi connectivity index (χ2v) is 8.00. The average Bonchev–Trinajstić information content (AvgIpc) is 3.03. The number of aliphatic hydroxyl groups excluding tert-OH is 1. The maximum absolute atomic E-state index is 10.6. The highest BCUT2D eigenvalue weighted by Gasteiger charge is 2.24. The molecule has 1 aliphatic rings. The number of imidazole rings is 1. The number of morpholine rings is 1. The van der Waals surface area contributed by atoms with Gasteiger partial charge in [-0.05, 0) is 36.8 Å². The van der Waals surface area contributed by atoms with E-state index in [1.165, 1.54) is 4.90 Å². The van der Waals surface area contributed by atoms with Crippen LogP contribution in [0.2, 0.25) is 0 Å². The minimum absolute atomic E-state index is 0.216. The topological polar surface area (TPSA) is 78.0 Å². The zero-order chi connectivity index (χ0) is 20.9. The zero-order valence-corrected chi connectivity index (χ0v) is 17.6. The molecular weight excluding hydrogens is 380 g/mol. The first-order valence-electron chi connectivity index (χ1n) is 10.7. The molecule has 4 rings (SSSR count). The van der Waals surface area contributed by atoms with E-state index in [-0.39, 0.29) is 6.61 Å². The fraction of sp³-hybridized carbons (Fsp3) is 0.435. The molecule has 160 valence electrons. The van der Waals surface area contributed by atoms with Crippen molar-refractivity contribution in [1.82, 2.24) is 4.57 Å². The molecule has 0 spiro atoms. The number of quaternary nitrogens is 1. The van der Waals surface area contributed by atoms with Crippen LogP contribution in [-0.2, 0) is 17.8 Å². The summed E-state index contributed by atoms with van der Waals surface area (Å²) >= 11 is 0. The Morgan fingerprint density at radius 2 is 2.00 bits per heavy atom. The summed E-state index contributed by atoms with van der Waals surface area (Å²) in [6, 6.07) is 16.0. The molecule has 0 unspecified atom stereocenters. The normalized spacial score (nSPS) is 16.1. The Morgan fingerprint density at radius 1 is 1.20 bits per heavy atom. The molecule has 0 amide bonds. The second-order valence-electron chi connectivity index (χ2n) is 8.00. The van der Waals surface area contributed by atoms with E-state index in [0.717, 1.165) is 61.7 Å². The maximum atomic E-state index is 10.6. The fourth-order valence-electron chi connectivity index (χ4n) is 4.08. The van der Waals surface area contributed by atoms with Gasteiger partial charge < -0.3 is 19.5 Å². The summed E-state index contributed by atoms with van der Waals surface area (Å²) < 4.78 is 15.4. The van der Waals surface area contributed by atoms with Crippen LogP contribution < -0.4 is 19.9 Å². The van der Waals surface area contributed by atoms with Crippen molar-refractivity contribution in [2.75, 3.05) is 45.2 Å². The molecule has 1 atom stereocenters. The highest BCUT2D eigenvalue weighted by Crippen LogP contribution is 2.16. The molecule has 2 heterocycles. The first-order valence-corrected chi connectivity index (χ1v) is 10.7.